The summed E-state index contributed by atoms with van der Waals surface area (Å²) >= 11 is 1.97. The standard InChI is InChI=1S/C15H25NS/c1-4-6-9-14(16-5-2)12-17-15-10-7-8-13(3)11-15/h7-8,10-11,14,16H,4-6,9,12H2,1-3H3. The Morgan fingerprint density at radius 1 is 1.29 bits per heavy atom. The normalized spacial score (nSPS) is 12.6. The molecule has 0 amide bonds. The molecule has 0 aliphatic rings. The van der Waals surface area contributed by atoms with E-state index in [9.17, 15) is 0 Å². The van der Waals surface area contributed by atoms with E-state index < -0.39 is 0 Å². The Hall–Kier alpha value is -0.470. The Kier molecular flexibility index (Phi) is 7.38. The molecule has 0 fully saturated rings. The Morgan fingerprint density at radius 3 is 2.76 bits per heavy atom. The maximum Gasteiger partial charge on any atom is 0.0161 e. The van der Waals surface area contributed by atoms with Gasteiger partial charge in [0.15, 0.2) is 0 Å². The lowest BCUT2D eigenvalue weighted by atomic mass is 10.1. The summed E-state index contributed by atoms with van der Waals surface area (Å²) in [4.78, 5) is 1.39. The third-order valence-electron chi connectivity index (χ3n) is 2.84. The van der Waals surface area contributed by atoms with E-state index in [1.54, 1.807) is 0 Å². The molecule has 0 radical (unpaired) electrons. The van der Waals surface area contributed by atoms with Crippen molar-refractivity contribution in [2.45, 2.75) is 51.0 Å². The Bertz CT molecular complexity index is 312. The van der Waals surface area contributed by atoms with E-state index in [0.29, 0.717) is 6.04 Å². The molecule has 0 bridgehead atoms. The summed E-state index contributed by atoms with van der Waals surface area (Å²) in [5.74, 6) is 1.18. The summed E-state index contributed by atoms with van der Waals surface area (Å²) in [7, 11) is 0. The number of unbranched alkanes of at least 4 members (excludes halogenated alkanes) is 1. The first-order valence-corrected chi connectivity index (χ1v) is 7.67. The second-order valence-corrected chi connectivity index (χ2v) is 5.62. The minimum absolute atomic E-state index is 0.658. The molecular formula is C15H25NS. The van der Waals surface area contributed by atoms with Crippen LogP contribution in [0.2, 0.25) is 0 Å². The highest BCUT2D eigenvalue weighted by Crippen LogP contribution is 2.21. The topological polar surface area (TPSA) is 12.0 Å². The molecule has 0 spiro atoms. The molecule has 2 heteroatoms. The molecule has 0 heterocycles. The van der Waals surface area contributed by atoms with Crippen LogP contribution in [0.15, 0.2) is 29.2 Å². The molecule has 1 unspecified atom stereocenters. The van der Waals surface area contributed by atoms with Crippen LogP contribution in [-0.2, 0) is 0 Å². The van der Waals surface area contributed by atoms with Gasteiger partial charge in [0.25, 0.3) is 0 Å². The van der Waals surface area contributed by atoms with E-state index in [-0.39, 0.29) is 0 Å². The van der Waals surface area contributed by atoms with Crippen LogP contribution in [0.5, 0.6) is 0 Å². The average Bonchev–Trinajstić information content (AvgIpc) is 2.33. The zero-order chi connectivity index (χ0) is 12.5. The van der Waals surface area contributed by atoms with Gasteiger partial charge >= 0.3 is 0 Å². The van der Waals surface area contributed by atoms with Crippen LogP contribution in [0.25, 0.3) is 0 Å². The summed E-state index contributed by atoms with van der Waals surface area (Å²) in [5.41, 5.74) is 1.35. The van der Waals surface area contributed by atoms with Crippen molar-refractivity contribution in [3.63, 3.8) is 0 Å². The SMILES string of the molecule is CCCCC(CSc1cccc(C)c1)NCC. The first-order valence-electron chi connectivity index (χ1n) is 6.69. The lowest BCUT2D eigenvalue weighted by molar-refractivity contribution is 0.515. The van der Waals surface area contributed by atoms with Gasteiger partial charge < -0.3 is 5.32 Å². The van der Waals surface area contributed by atoms with E-state index in [1.807, 2.05) is 11.8 Å². The van der Waals surface area contributed by atoms with E-state index in [2.05, 4.69) is 50.4 Å². The van der Waals surface area contributed by atoms with Crippen molar-refractivity contribution in [3.05, 3.63) is 29.8 Å². The van der Waals surface area contributed by atoms with Crippen LogP contribution < -0.4 is 5.32 Å². The third-order valence-corrected chi connectivity index (χ3v) is 4.00. The van der Waals surface area contributed by atoms with Crippen molar-refractivity contribution in [1.82, 2.24) is 5.32 Å². The van der Waals surface area contributed by atoms with Crippen molar-refractivity contribution in [3.8, 4) is 0 Å². The van der Waals surface area contributed by atoms with Crippen LogP contribution in [0, 0.1) is 6.92 Å². The second kappa shape index (κ2) is 8.60. The molecule has 1 rings (SSSR count). The van der Waals surface area contributed by atoms with Gasteiger partial charge in [-0.2, -0.15) is 0 Å². The average molecular weight is 251 g/mol. The van der Waals surface area contributed by atoms with Crippen molar-refractivity contribution in [2.24, 2.45) is 0 Å². The van der Waals surface area contributed by atoms with Crippen molar-refractivity contribution < 1.29 is 0 Å². The highest BCUT2D eigenvalue weighted by molar-refractivity contribution is 7.99. The predicted octanol–water partition coefficient (Wildman–Crippen LogP) is 4.26. The zero-order valence-corrected chi connectivity index (χ0v) is 12.1. The molecule has 17 heavy (non-hydrogen) atoms. The van der Waals surface area contributed by atoms with Crippen molar-refractivity contribution >= 4 is 11.8 Å². The number of nitrogens with one attached hydrogen (secondary N) is 1. The van der Waals surface area contributed by atoms with E-state index >= 15 is 0 Å². The van der Waals surface area contributed by atoms with Gasteiger partial charge in [-0.3, -0.25) is 0 Å². The van der Waals surface area contributed by atoms with E-state index in [4.69, 9.17) is 0 Å². The molecule has 0 aliphatic heterocycles. The minimum Gasteiger partial charge on any atom is -0.313 e. The molecule has 1 aromatic carbocycles. The van der Waals surface area contributed by atoms with Crippen molar-refractivity contribution in [2.75, 3.05) is 12.3 Å². The number of thioether (sulfide) groups is 1. The van der Waals surface area contributed by atoms with Crippen LogP contribution in [0.1, 0.15) is 38.7 Å². The zero-order valence-electron chi connectivity index (χ0n) is 11.3. The van der Waals surface area contributed by atoms with E-state index in [1.165, 1.54) is 35.5 Å². The minimum atomic E-state index is 0.658. The molecule has 1 N–H and O–H groups in total. The smallest absolute Gasteiger partial charge is 0.0161 e. The molecule has 96 valence electrons. The predicted molar refractivity (Wildman–Crippen MR) is 78.9 cm³/mol. The molecular weight excluding hydrogens is 226 g/mol. The maximum absolute atomic E-state index is 3.58. The van der Waals surface area contributed by atoms with Gasteiger partial charge in [0, 0.05) is 16.7 Å². The van der Waals surface area contributed by atoms with Crippen LogP contribution >= 0.6 is 11.8 Å². The quantitative estimate of drug-likeness (QED) is 0.693. The third kappa shape index (κ3) is 6.13. The molecule has 0 saturated heterocycles. The van der Waals surface area contributed by atoms with Gasteiger partial charge in [0.2, 0.25) is 0 Å². The number of aryl methyl sites for hydroxylation is 1. The fourth-order valence-electron chi connectivity index (χ4n) is 1.89. The van der Waals surface area contributed by atoms with Crippen LogP contribution in [-0.4, -0.2) is 18.3 Å². The highest BCUT2D eigenvalue weighted by Gasteiger charge is 2.07. The van der Waals surface area contributed by atoms with Crippen LogP contribution in [0.4, 0.5) is 0 Å². The summed E-state index contributed by atoms with van der Waals surface area (Å²) in [6, 6.07) is 9.44. The van der Waals surface area contributed by atoms with Crippen molar-refractivity contribution in [1.29, 1.82) is 0 Å². The summed E-state index contributed by atoms with van der Waals surface area (Å²) in [6.07, 6.45) is 3.91. The molecule has 1 atom stereocenters. The Balaban J connectivity index is 2.39. The lowest BCUT2D eigenvalue weighted by Crippen LogP contribution is -2.31. The van der Waals surface area contributed by atoms with Gasteiger partial charge in [0.1, 0.15) is 0 Å². The molecule has 1 aromatic rings. The first kappa shape index (κ1) is 14.6. The number of hydrogen-bond donors (Lipinski definition) is 1. The van der Waals surface area contributed by atoms with Crippen LogP contribution in [0.3, 0.4) is 0 Å². The Morgan fingerprint density at radius 2 is 2.12 bits per heavy atom. The monoisotopic (exact) mass is 251 g/mol. The fourth-order valence-corrected chi connectivity index (χ4v) is 3.01. The Labute approximate surface area is 110 Å². The molecule has 0 saturated carbocycles. The molecule has 0 aromatic heterocycles. The number of rotatable bonds is 8. The summed E-state index contributed by atoms with van der Waals surface area (Å²) < 4.78 is 0. The molecule has 0 aliphatic carbocycles. The van der Waals surface area contributed by atoms with Gasteiger partial charge in [-0.1, -0.05) is 44.4 Å². The van der Waals surface area contributed by atoms with Gasteiger partial charge in [0.05, 0.1) is 0 Å². The fraction of sp³-hybridized carbons (Fsp3) is 0.600. The van der Waals surface area contributed by atoms with E-state index in [0.717, 1.165) is 6.54 Å². The number of hydrogen-bond acceptors (Lipinski definition) is 2. The first-order chi connectivity index (χ1) is 8.26. The van der Waals surface area contributed by atoms with Gasteiger partial charge in [-0.05, 0) is 32.0 Å². The summed E-state index contributed by atoms with van der Waals surface area (Å²) in [5, 5.41) is 3.58. The lowest BCUT2D eigenvalue weighted by Gasteiger charge is -2.17. The largest absolute Gasteiger partial charge is 0.313 e. The number of benzene rings is 1. The maximum atomic E-state index is 3.58. The van der Waals surface area contributed by atoms with Gasteiger partial charge in [-0.25, -0.2) is 0 Å². The second-order valence-electron chi connectivity index (χ2n) is 4.52. The van der Waals surface area contributed by atoms with Gasteiger partial charge in [-0.15, -0.1) is 11.8 Å². The highest BCUT2D eigenvalue weighted by atomic mass is 32.2. The molecule has 1 nitrogen and oxygen atoms in total. The summed E-state index contributed by atoms with van der Waals surface area (Å²) in [6.45, 7) is 7.68.